The van der Waals surface area contributed by atoms with Crippen LogP contribution in [0.4, 0.5) is 0 Å². The van der Waals surface area contributed by atoms with Gasteiger partial charge < -0.3 is 0 Å². The largest absolute Gasteiger partial charge is 0.234 e. The van der Waals surface area contributed by atoms with E-state index in [9.17, 15) is 0 Å². The van der Waals surface area contributed by atoms with Gasteiger partial charge in [0.05, 0.1) is 5.01 Å². The van der Waals surface area contributed by atoms with Crippen molar-refractivity contribution in [2.24, 2.45) is 0 Å². The zero-order valence-corrected chi connectivity index (χ0v) is 8.62. The van der Waals surface area contributed by atoms with E-state index >= 15 is 0 Å². The molecule has 11 heavy (non-hydrogen) atoms. The third-order valence-electron chi connectivity index (χ3n) is 2.20. The summed E-state index contributed by atoms with van der Waals surface area (Å²) in [6.45, 7) is 0. The van der Waals surface area contributed by atoms with Gasteiger partial charge in [0.1, 0.15) is 4.60 Å². The predicted octanol–water partition coefficient (Wildman–Crippen LogP) is 3.56. The molecule has 1 saturated carbocycles. The third-order valence-corrected chi connectivity index (χ3v) is 3.91. The zero-order valence-electron chi connectivity index (χ0n) is 6.22. The van der Waals surface area contributed by atoms with Crippen LogP contribution in [0.2, 0.25) is 0 Å². The van der Waals surface area contributed by atoms with E-state index in [-0.39, 0.29) is 0 Å². The minimum absolute atomic E-state index is 0.770. The van der Waals surface area contributed by atoms with Crippen molar-refractivity contribution in [3.05, 3.63) is 15.0 Å². The number of thiazole rings is 1. The average molecular weight is 232 g/mol. The molecule has 0 saturated heterocycles. The van der Waals surface area contributed by atoms with Crippen molar-refractivity contribution in [2.45, 2.75) is 31.6 Å². The summed E-state index contributed by atoms with van der Waals surface area (Å²) in [4.78, 5) is 4.43. The maximum Gasteiger partial charge on any atom is 0.117 e. The third kappa shape index (κ3) is 1.64. The highest BCUT2D eigenvalue weighted by Gasteiger charge is 2.19. The van der Waals surface area contributed by atoms with E-state index in [1.165, 1.54) is 30.7 Å². The fourth-order valence-corrected chi connectivity index (χ4v) is 3.07. The van der Waals surface area contributed by atoms with Crippen LogP contribution in [0.1, 0.15) is 36.6 Å². The van der Waals surface area contributed by atoms with Crippen LogP contribution in [0, 0.1) is 0 Å². The summed E-state index contributed by atoms with van der Waals surface area (Å²) < 4.78 is 1.00. The Balaban J connectivity index is 2.15. The minimum atomic E-state index is 0.770. The summed E-state index contributed by atoms with van der Waals surface area (Å²) in [7, 11) is 0. The van der Waals surface area contributed by atoms with Gasteiger partial charge in [-0.3, -0.25) is 0 Å². The molecule has 0 aliphatic heterocycles. The summed E-state index contributed by atoms with van der Waals surface area (Å²) >= 11 is 5.17. The van der Waals surface area contributed by atoms with E-state index in [1.54, 1.807) is 11.3 Å². The first kappa shape index (κ1) is 7.74. The second-order valence-corrected chi connectivity index (χ2v) is 4.69. The van der Waals surface area contributed by atoms with Crippen LogP contribution in [0.5, 0.6) is 0 Å². The molecular weight excluding hydrogens is 222 g/mol. The van der Waals surface area contributed by atoms with Gasteiger partial charge in [-0.1, -0.05) is 12.8 Å². The monoisotopic (exact) mass is 231 g/mol. The van der Waals surface area contributed by atoms with Gasteiger partial charge in [0, 0.05) is 11.3 Å². The number of hydrogen-bond acceptors (Lipinski definition) is 2. The van der Waals surface area contributed by atoms with Crippen molar-refractivity contribution >= 4 is 27.3 Å². The molecule has 0 bridgehead atoms. The van der Waals surface area contributed by atoms with Crippen LogP contribution in [0.3, 0.4) is 0 Å². The molecule has 1 fully saturated rings. The van der Waals surface area contributed by atoms with Gasteiger partial charge in [-0.15, -0.1) is 11.3 Å². The lowest BCUT2D eigenvalue weighted by Crippen LogP contribution is -1.89. The standard InChI is InChI=1S/C8H10BrNS/c9-7-5-11-8(10-7)6-3-1-2-4-6/h5-6H,1-4H2. The Morgan fingerprint density at radius 2 is 2.18 bits per heavy atom. The maximum absolute atomic E-state index is 4.43. The fourth-order valence-electron chi connectivity index (χ4n) is 1.63. The molecule has 0 spiro atoms. The molecule has 2 rings (SSSR count). The summed E-state index contributed by atoms with van der Waals surface area (Å²) in [5.41, 5.74) is 0. The van der Waals surface area contributed by atoms with Crippen LogP contribution in [0.25, 0.3) is 0 Å². The van der Waals surface area contributed by atoms with E-state index in [0.29, 0.717) is 0 Å². The topological polar surface area (TPSA) is 12.9 Å². The summed E-state index contributed by atoms with van der Waals surface area (Å²) in [6, 6.07) is 0. The number of hydrogen-bond donors (Lipinski definition) is 0. The Labute approximate surface area is 79.0 Å². The van der Waals surface area contributed by atoms with Crippen LogP contribution >= 0.6 is 27.3 Å². The van der Waals surface area contributed by atoms with E-state index < -0.39 is 0 Å². The van der Waals surface area contributed by atoms with Gasteiger partial charge in [0.15, 0.2) is 0 Å². The second-order valence-electron chi connectivity index (χ2n) is 2.99. The Bertz CT molecular complexity index is 240. The molecule has 0 amide bonds. The highest BCUT2D eigenvalue weighted by Crippen LogP contribution is 2.36. The molecule has 1 nitrogen and oxygen atoms in total. The van der Waals surface area contributed by atoms with Gasteiger partial charge in [0.25, 0.3) is 0 Å². The Morgan fingerprint density at radius 1 is 1.45 bits per heavy atom. The first-order valence-electron chi connectivity index (χ1n) is 3.97. The van der Waals surface area contributed by atoms with Crippen molar-refractivity contribution in [1.29, 1.82) is 0 Å². The average Bonchev–Trinajstić information content (AvgIpc) is 2.55. The van der Waals surface area contributed by atoms with Crippen molar-refractivity contribution in [3.63, 3.8) is 0 Å². The van der Waals surface area contributed by atoms with E-state index in [4.69, 9.17) is 0 Å². The van der Waals surface area contributed by atoms with Gasteiger partial charge in [-0.25, -0.2) is 4.98 Å². The highest BCUT2D eigenvalue weighted by molar-refractivity contribution is 9.10. The van der Waals surface area contributed by atoms with E-state index in [2.05, 4.69) is 26.3 Å². The lowest BCUT2D eigenvalue weighted by atomic mass is 10.1. The van der Waals surface area contributed by atoms with Gasteiger partial charge in [-0.2, -0.15) is 0 Å². The summed E-state index contributed by atoms with van der Waals surface area (Å²) in [5.74, 6) is 0.770. The van der Waals surface area contributed by atoms with Crippen molar-refractivity contribution in [2.75, 3.05) is 0 Å². The first-order valence-corrected chi connectivity index (χ1v) is 5.64. The maximum atomic E-state index is 4.43. The molecule has 1 heterocycles. The first-order chi connectivity index (χ1) is 5.36. The Kier molecular flexibility index (Phi) is 2.28. The number of nitrogens with zero attached hydrogens (tertiary/aromatic N) is 1. The molecule has 3 heteroatoms. The Morgan fingerprint density at radius 3 is 2.73 bits per heavy atom. The SMILES string of the molecule is Brc1csc(C2CCCC2)n1. The van der Waals surface area contributed by atoms with Crippen LogP contribution < -0.4 is 0 Å². The van der Waals surface area contributed by atoms with E-state index in [0.717, 1.165) is 10.5 Å². The molecule has 0 N–H and O–H groups in total. The number of halogens is 1. The van der Waals surface area contributed by atoms with Crippen LogP contribution in [-0.2, 0) is 0 Å². The summed E-state index contributed by atoms with van der Waals surface area (Å²) in [5, 5.41) is 3.41. The Hall–Kier alpha value is 0.110. The number of rotatable bonds is 1. The molecule has 0 unspecified atom stereocenters. The molecule has 1 aromatic rings. The van der Waals surface area contributed by atoms with Crippen LogP contribution in [0.15, 0.2) is 9.98 Å². The molecule has 0 radical (unpaired) electrons. The van der Waals surface area contributed by atoms with Crippen molar-refractivity contribution in [1.82, 2.24) is 4.98 Å². The quantitative estimate of drug-likeness (QED) is 0.721. The molecule has 0 atom stereocenters. The molecule has 1 aliphatic rings. The predicted molar refractivity (Wildman–Crippen MR) is 51.0 cm³/mol. The molecular formula is C8H10BrNS. The van der Waals surface area contributed by atoms with Crippen molar-refractivity contribution in [3.8, 4) is 0 Å². The van der Waals surface area contributed by atoms with Gasteiger partial charge >= 0.3 is 0 Å². The highest BCUT2D eigenvalue weighted by atomic mass is 79.9. The smallest absolute Gasteiger partial charge is 0.117 e. The molecule has 1 aliphatic carbocycles. The van der Waals surface area contributed by atoms with Crippen molar-refractivity contribution < 1.29 is 0 Å². The minimum Gasteiger partial charge on any atom is -0.234 e. The van der Waals surface area contributed by atoms with Gasteiger partial charge in [0.2, 0.25) is 0 Å². The fraction of sp³-hybridized carbons (Fsp3) is 0.625. The molecule has 1 aromatic heterocycles. The summed E-state index contributed by atoms with van der Waals surface area (Å²) in [6.07, 6.45) is 5.48. The lowest BCUT2D eigenvalue weighted by Gasteiger charge is -2.01. The zero-order chi connectivity index (χ0) is 7.68. The normalized spacial score (nSPS) is 19.4. The number of aromatic nitrogens is 1. The molecule has 60 valence electrons. The molecule has 0 aromatic carbocycles. The van der Waals surface area contributed by atoms with E-state index in [1.807, 2.05) is 0 Å². The van der Waals surface area contributed by atoms with Gasteiger partial charge in [-0.05, 0) is 28.8 Å². The lowest BCUT2D eigenvalue weighted by molar-refractivity contribution is 0.715. The van der Waals surface area contributed by atoms with Crippen LogP contribution in [-0.4, -0.2) is 4.98 Å². The second kappa shape index (κ2) is 3.23.